The minimum atomic E-state index is -0.314. The minimum Gasteiger partial charge on any atom is -0.397 e. The molecular formula is C12H8BrClFIN2. The lowest BCUT2D eigenvalue weighted by atomic mass is 10.2. The molecule has 2 nitrogen and oxygen atoms in total. The van der Waals surface area contributed by atoms with Gasteiger partial charge >= 0.3 is 0 Å². The van der Waals surface area contributed by atoms with Gasteiger partial charge in [0.2, 0.25) is 0 Å². The van der Waals surface area contributed by atoms with E-state index in [1.807, 2.05) is 28.7 Å². The van der Waals surface area contributed by atoms with E-state index in [1.165, 1.54) is 6.07 Å². The molecule has 0 fully saturated rings. The van der Waals surface area contributed by atoms with Gasteiger partial charge < -0.3 is 11.1 Å². The molecule has 2 aromatic carbocycles. The third-order valence-corrected chi connectivity index (χ3v) is 4.04. The van der Waals surface area contributed by atoms with E-state index in [1.54, 1.807) is 18.2 Å². The van der Waals surface area contributed by atoms with Crippen molar-refractivity contribution in [2.24, 2.45) is 0 Å². The Balaban J connectivity index is 2.40. The maximum Gasteiger partial charge on any atom is 0.138 e. The zero-order chi connectivity index (χ0) is 13.3. The maximum absolute atomic E-state index is 13.5. The van der Waals surface area contributed by atoms with Gasteiger partial charge in [-0.25, -0.2) is 4.39 Å². The van der Waals surface area contributed by atoms with E-state index in [9.17, 15) is 4.39 Å². The molecule has 0 aliphatic rings. The van der Waals surface area contributed by atoms with Gasteiger partial charge in [-0.1, -0.05) is 11.6 Å². The van der Waals surface area contributed by atoms with Gasteiger partial charge in [-0.3, -0.25) is 0 Å². The highest BCUT2D eigenvalue weighted by atomic mass is 127. The molecule has 2 rings (SSSR count). The molecule has 0 spiro atoms. The molecule has 3 N–H and O–H groups in total. The van der Waals surface area contributed by atoms with Gasteiger partial charge in [-0.2, -0.15) is 0 Å². The van der Waals surface area contributed by atoms with E-state index in [-0.39, 0.29) is 5.82 Å². The summed E-state index contributed by atoms with van der Waals surface area (Å²) in [6.07, 6.45) is 0. The normalized spacial score (nSPS) is 10.4. The average molecular weight is 441 g/mol. The van der Waals surface area contributed by atoms with E-state index >= 15 is 0 Å². The van der Waals surface area contributed by atoms with Gasteiger partial charge in [0.05, 0.1) is 20.6 Å². The smallest absolute Gasteiger partial charge is 0.138 e. The van der Waals surface area contributed by atoms with Crippen LogP contribution in [-0.4, -0.2) is 0 Å². The largest absolute Gasteiger partial charge is 0.397 e. The molecule has 0 amide bonds. The number of rotatable bonds is 2. The summed E-state index contributed by atoms with van der Waals surface area (Å²) in [4.78, 5) is 0. The predicted octanol–water partition coefficient (Wildman–Crippen LogP) is 5.17. The maximum atomic E-state index is 13.5. The van der Waals surface area contributed by atoms with Crippen molar-refractivity contribution < 1.29 is 4.39 Å². The van der Waals surface area contributed by atoms with Crippen molar-refractivity contribution in [1.82, 2.24) is 0 Å². The summed E-state index contributed by atoms with van der Waals surface area (Å²) in [6, 6.07) is 8.25. The minimum absolute atomic E-state index is 0.314. The number of hydrogen-bond acceptors (Lipinski definition) is 2. The lowest BCUT2D eigenvalue weighted by Gasteiger charge is -2.12. The lowest BCUT2D eigenvalue weighted by Crippen LogP contribution is -1.99. The molecule has 0 aliphatic carbocycles. The van der Waals surface area contributed by atoms with Crippen LogP contribution in [0, 0.1) is 9.39 Å². The summed E-state index contributed by atoms with van der Waals surface area (Å²) >= 11 is 11.2. The molecule has 0 atom stereocenters. The van der Waals surface area contributed by atoms with Gasteiger partial charge in [0.1, 0.15) is 5.82 Å². The quantitative estimate of drug-likeness (QED) is 0.498. The number of benzene rings is 2. The zero-order valence-electron chi connectivity index (χ0n) is 8.98. The second kappa shape index (κ2) is 5.63. The first-order chi connectivity index (χ1) is 8.47. The Bertz CT molecular complexity index is 607. The SMILES string of the molecule is Nc1cc(I)c(F)cc1Nc1cc(Cl)ccc1Br. The third kappa shape index (κ3) is 3.07. The van der Waals surface area contributed by atoms with Crippen molar-refractivity contribution in [2.75, 3.05) is 11.1 Å². The molecule has 0 saturated carbocycles. The third-order valence-electron chi connectivity index (χ3n) is 2.29. The van der Waals surface area contributed by atoms with Crippen LogP contribution in [-0.2, 0) is 0 Å². The second-order valence-electron chi connectivity index (χ2n) is 3.60. The first kappa shape index (κ1) is 13.9. The second-order valence-corrected chi connectivity index (χ2v) is 6.06. The summed E-state index contributed by atoms with van der Waals surface area (Å²) in [5, 5.41) is 3.64. The number of halogens is 4. The van der Waals surface area contributed by atoms with Crippen LogP contribution in [0.1, 0.15) is 0 Å². The Morgan fingerprint density at radius 3 is 2.67 bits per heavy atom. The van der Waals surface area contributed by atoms with Gasteiger partial charge in [-0.15, -0.1) is 0 Å². The fraction of sp³-hybridized carbons (Fsp3) is 0. The van der Waals surface area contributed by atoms with Crippen molar-refractivity contribution in [3.8, 4) is 0 Å². The predicted molar refractivity (Wildman–Crippen MR) is 86.0 cm³/mol. The van der Waals surface area contributed by atoms with Crippen LogP contribution in [0.3, 0.4) is 0 Å². The molecule has 0 saturated heterocycles. The summed E-state index contributed by atoms with van der Waals surface area (Å²) in [5.74, 6) is -0.314. The van der Waals surface area contributed by atoms with Crippen molar-refractivity contribution in [3.63, 3.8) is 0 Å². The number of anilines is 3. The van der Waals surface area contributed by atoms with Crippen LogP contribution in [0.5, 0.6) is 0 Å². The molecule has 94 valence electrons. The Labute approximate surface area is 131 Å². The van der Waals surface area contributed by atoms with Crippen LogP contribution in [0.25, 0.3) is 0 Å². The topological polar surface area (TPSA) is 38.0 Å². The molecule has 0 heterocycles. The van der Waals surface area contributed by atoms with E-state index in [0.29, 0.717) is 20.0 Å². The Hall–Kier alpha value is -0.530. The number of nitrogens with one attached hydrogen (secondary N) is 1. The van der Waals surface area contributed by atoms with Crippen LogP contribution in [0.4, 0.5) is 21.5 Å². The van der Waals surface area contributed by atoms with E-state index < -0.39 is 0 Å². The molecule has 0 unspecified atom stereocenters. The van der Waals surface area contributed by atoms with Crippen molar-refractivity contribution >= 4 is 67.2 Å². The molecule has 0 aliphatic heterocycles. The van der Waals surface area contributed by atoms with Crippen LogP contribution in [0.15, 0.2) is 34.8 Å². The summed E-state index contributed by atoms with van der Waals surface area (Å²) in [5.41, 5.74) is 7.56. The molecule has 6 heteroatoms. The first-order valence-corrected chi connectivity index (χ1v) is 7.19. The fourth-order valence-electron chi connectivity index (χ4n) is 1.41. The first-order valence-electron chi connectivity index (χ1n) is 4.94. The zero-order valence-corrected chi connectivity index (χ0v) is 13.5. The molecule has 0 radical (unpaired) electrons. The summed E-state index contributed by atoms with van der Waals surface area (Å²) in [6.45, 7) is 0. The number of nitrogens with two attached hydrogens (primary N) is 1. The van der Waals surface area contributed by atoms with Crippen LogP contribution < -0.4 is 11.1 Å². The average Bonchev–Trinajstić information content (AvgIpc) is 2.30. The van der Waals surface area contributed by atoms with Gasteiger partial charge in [0, 0.05) is 15.6 Å². The monoisotopic (exact) mass is 440 g/mol. The highest BCUT2D eigenvalue weighted by Gasteiger charge is 2.08. The van der Waals surface area contributed by atoms with Crippen molar-refractivity contribution in [2.45, 2.75) is 0 Å². The summed E-state index contributed by atoms with van der Waals surface area (Å²) in [7, 11) is 0. The van der Waals surface area contributed by atoms with Crippen LogP contribution >= 0.6 is 50.1 Å². The standard InChI is InChI=1S/C12H8BrClFIN2/c13-7-2-1-6(14)3-11(7)18-12-4-8(15)9(16)5-10(12)17/h1-5,18H,17H2. The highest BCUT2D eigenvalue weighted by Crippen LogP contribution is 2.32. The van der Waals surface area contributed by atoms with E-state index in [2.05, 4.69) is 21.2 Å². The summed E-state index contributed by atoms with van der Waals surface area (Å²) < 4.78 is 14.8. The molecule has 2 aromatic rings. The molecule has 18 heavy (non-hydrogen) atoms. The van der Waals surface area contributed by atoms with Crippen LogP contribution in [0.2, 0.25) is 5.02 Å². The number of hydrogen-bond donors (Lipinski definition) is 2. The molecule has 0 aromatic heterocycles. The van der Waals surface area contributed by atoms with E-state index in [4.69, 9.17) is 17.3 Å². The Morgan fingerprint density at radius 2 is 1.94 bits per heavy atom. The van der Waals surface area contributed by atoms with Gasteiger partial charge in [-0.05, 0) is 62.8 Å². The van der Waals surface area contributed by atoms with E-state index in [0.717, 1.165) is 10.2 Å². The Kier molecular flexibility index (Phi) is 4.34. The van der Waals surface area contributed by atoms with Gasteiger partial charge in [0.25, 0.3) is 0 Å². The van der Waals surface area contributed by atoms with Gasteiger partial charge in [0.15, 0.2) is 0 Å². The molecular weight excluding hydrogens is 433 g/mol. The number of nitrogen functional groups attached to an aromatic ring is 1. The molecule has 0 bridgehead atoms. The Morgan fingerprint density at radius 1 is 1.22 bits per heavy atom. The lowest BCUT2D eigenvalue weighted by molar-refractivity contribution is 0.621. The van der Waals surface area contributed by atoms with Crippen molar-refractivity contribution in [3.05, 3.63) is 49.2 Å². The fourth-order valence-corrected chi connectivity index (χ4v) is 2.42. The highest BCUT2D eigenvalue weighted by molar-refractivity contribution is 14.1. The van der Waals surface area contributed by atoms with Crippen molar-refractivity contribution in [1.29, 1.82) is 0 Å².